The van der Waals surface area contributed by atoms with E-state index < -0.39 is 8.07 Å². The fraction of sp³-hybridized carbons (Fsp3) is 0.667. The monoisotopic (exact) mass is 130 g/mol. The molecule has 0 saturated carbocycles. The lowest BCUT2D eigenvalue weighted by atomic mass is 10.7. The lowest BCUT2D eigenvalue weighted by Gasteiger charge is -2.10. The Balaban J connectivity index is 3.39. The van der Waals surface area contributed by atoms with Crippen molar-refractivity contribution in [2.24, 2.45) is 0 Å². The Kier molecular flexibility index (Phi) is 2.83. The Bertz CT molecular complexity index is 81.0. The second-order valence-corrected chi connectivity index (χ2v) is 8.68. The molecule has 1 N–H and O–H groups in total. The minimum absolute atomic E-state index is 0.925. The van der Waals surface area contributed by atoms with Crippen LogP contribution >= 0.6 is 0 Å². The van der Waals surface area contributed by atoms with Crippen LogP contribution in [0.4, 0.5) is 0 Å². The number of aliphatic hydroxyl groups excluding tert-OH is 1. The summed E-state index contributed by atoms with van der Waals surface area (Å²) in [5.41, 5.74) is 0. The Morgan fingerprint density at radius 1 is 1.38 bits per heavy atom. The third-order valence-corrected chi connectivity index (χ3v) is 2.30. The van der Waals surface area contributed by atoms with E-state index in [-0.39, 0.29) is 0 Å². The molecule has 0 aromatic carbocycles. The van der Waals surface area contributed by atoms with E-state index in [0.29, 0.717) is 0 Å². The molecule has 0 saturated heterocycles. The molecule has 0 spiro atoms. The average molecular weight is 130 g/mol. The zero-order chi connectivity index (χ0) is 6.62. The van der Waals surface area contributed by atoms with Gasteiger partial charge in [-0.25, -0.2) is 0 Å². The molecule has 0 rings (SSSR count). The standard InChI is InChI=1S/C6H14OSi/c1-8(2,3)6-4-5-7/h4-5,7H,6H2,1-3H3/b5-4+. The average Bonchev–Trinajstić information content (AvgIpc) is 1.59. The fourth-order valence-electron chi connectivity index (χ4n) is 0.406. The normalized spacial score (nSPS) is 12.9. The molecule has 0 heterocycles. The van der Waals surface area contributed by atoms with E-state index in [1.165, 1.54) is 0 Å². The Morgan fingerprint density at radius 3 is 2.00 bits per heavy atom. The summed E-state index contributed by atoms with van der Waals surface area (Å²) in [6.45, 7) is 6.81. The predicted molar refractivity (Wildman–Crippen MR) is 39.9 cm³/mol. The van der Waals surface area contributed by atoms with Gasteiger partial charge in [-0.15, -0.1) is 0 Å². The maximum atomic E-state index is 8.27. The summed E-state index contributed by atoms with van der Waals surface area (Å²) in [4.78, 5) is 0. The van der Waals surface area contributed by atoms with Gasteiger partial charge in [-0.05, 0) is 6.04 Å². The minimum atomic E-state index is -0.925. The SMILES string of the molecule is C[Si](C)(C)C/C=C/O. The largest absolute Gasteiger partial charge is 0.516 e. The van der Waals surface area contributed by atoms with Gasteiger partial charge in [0.05, 0.1) is 6.26 Å². The van der Waals surface area contributed by atoms with Crippen LogP contribution < -0.4 is 0 Å². The van der Waals surface area contributed by atoms with Crippen LogP contribution in [0, 0.1) is 0 Å². The van der Waals surface area contributed by atoms with Crippen molar-refractivity contribution in [2.45, 2.75) is 25.7 Å². The molecule has 0 amide bonds. The zero-order valence-corrected chi connectivity index (χ0v) is 6.81. The van der Waals surface area contributed by atoms with E-state index in [9.17, 15) is 0 Å². The molecule has 48 valence electrons. The summed E-state index contributed by atoms with van der Waals surface area (Å²) in [7, 11) is -0.925. The number of hydrogen-bond acceptors (Lipinski definition) is 1. The molecule has 0 fully saturated rings. The van der Waals surface area contributed by atoms with Gasteiger partial charge in [0.1, 0.15) is 0 Å². The van der Waals surface area contributed by atoms with Crippen LogP contribution in [0.3, 0.4) is 0 Å². The molecular weight excluding hydrogens is 116 g/mol. The quantitative estimate of drug-likeness (QED) is 0.449. The summed E-state index contributed by atoms with van der Waals surface area (Å²) in [5.74, 6) is 0. The first kappa shape index (κ1) is 7.76. The van der Waals surface area contributed by atoms with Gasteiger partial charge >= 0.3 is 0 Å². The van der Waals surface area contributed by atoms with Gasteiger partial charge in [0.2, 0.25) is 0 Å². The number of allylic oxidation sites excluding steroid dienone is 1. The molecule has 0 radical (unpaired) electrons. The summed E-state index contributed by atoms with van der Waals surface area (Å²) in [6, 6.07) is 1.07. The van der Waals surface area contributed by atoms with Gasteiger partial charge in [-0.2, -0.15) is 0 Å². The Morgan fingerprint density at radius 2 is 1.88 bits per heavy atom. The Hall–Kier alpha value is -0.243. The van der Waals surface area contributed by atoms with Crippen LogP contribution in [0.2, 0.25) is 25.7 Å². The fourth-order valence-corrected chi connectivity index (χ4v) is 1.22. The smallest absolute Gasteiger partial charge is 0.0748 e. The second-order valence-electron chi connectivity index (χ2n) is 3.15. The first-order chi connectivity index (χ1) is 3.56. The molecule has 0 aliphatic carbocycles. The molecule has 1 nitrogen and oxygen atoms in total. The van der Waals surface area contributed by atoms with Gasteiger partial charge in [0.25, 0.3) is 0 Å². The van der Waals surface area contributed by atoms with Crippen LogP contribution in [-0.4, -0.2) is 13.2 Å². The van der Waals surface area contributed by atoms with E-state index in [2.05, 4.69) is 19.6 Å². The summed E-state index contributed by atoms with van der Waals surface area (Å²) < 4.78 is 0. The third kappa shape index (κ3) is 5.76. The van der Waals surface area contributed by atoms with Crippen molar-refractivity contribution in [1.82, 2.24) is 0 Å². The highest BCUT2D eigenvalue weighted by Gasteiger charge is 2.08. The molecule has 2 heteroatoms. The van der Waals surface area contributed by atoms with Gasteiger partial charge in [-0.3, -0.25) is 0 Å². The van der Waals surface area contributed by atoms with Gasteiger partial charge in [0.15, 0.2) is 0 Å². The molecule has 8 heavy (non-hydrogen) atoms. The highest BCUT2D eigenvalue weighted by atomic mass is 28.3. The van der Waals surface area contributed by atoms with E-state index in [0.717, 1.165) is 12.3 Å². The second kappa shape index (κ2) is 2.92. The van der Waals surface area contributed by atoms with Crippen LogP contribution in [0.15, 0.2) is 12.3 Å². The molecule has 0 unspecified atom stereocenters. The molecule has 0 aliphatic heterocycles. The first-order valence-corrected chi connectivity index (χ1v) is 6.56. The molecular formula is C6H14OSi. The minimum Gasteiger partial charge on any atom is -0.516 e. The van der Waals surface area contributed by atoms with Crippen LogP contribution in [0.25, 0.3) is 0 Å². The molecule has 0 aromatic heterocycles. The number of aliphatic hydroxyl groups is 1. The van der Waals surface area contributed by atoms with Gasteiger partial charge < -0.3 is 5.11 Å². The van der Waals surface area contributed by atoms with Crippen LogP contribution in [-0.2, 0) is 0 Å². The summed E-state index contributed by atoms with van der Waals surface area (Å²) in [5, 5.41) is 8.27. The van der Waals surface area contributed by atoms with Gasteiger partial charge in [-0.1, -0.05) is 25.7 Å². The van der Waals surface area contributed by atoms with Crippen LogP contribution in [0.5, 0.6) is 0 Å². The number of hydrogen-bond donors (Lipinski definition) is 1. The van der Waals surface area contributed by atoms with Crippen molar-refractivity contribution >= 4 is 8.07 Å². The van der Waals surface area contributed by atoms with Crippen molar-refractivity contribution in [3.8, 4) is 0 Å². The highest BCUT2D eigenvalue weighted by molar-refractivity contribution is 6.76. The van der Waals surface area contributed by atoms with Crippen molar-refractivity contribution < 1.29 is 5.11 Å². The molecule has 0 atom stereocenters. The maximum absolute atomic E-state index is 8.27. The van der Waals surface area contributed by atoms with Crippen molar-refractivity contribution in [1.29, 1.82) is 0 Å². The van der Waals surface area contributed by atoms with Crippen molar-refractivity contribution in [2.75, 3.05) is 0 Å². The summed E-state index contributed by atoms with van der Waals surface area (Å²) >= 11 is 0. The Labute approximate surface area is 52.0 Å². The lowest BCUT2D eigenvalue weighted by Crippen LogP contribution is -2.17. The van der Waals surface area contributed by atoms with E-state index in [1.807, 2.05) is 6.08 Å². The zero-order valence-electron chi connectivity index (χ0n) is 5.81. The van der Waals surface area contributed by atoms with E-state index in [1.54, 1.807) is 0 Å². The first-order valence-electron chi connectivity index (χ1n) is 2.85. The molecule has 0 aromatic rings. The molecule has 0 bridgehead atoms. The molecule has 0 aliphatic rings. The summed E-state index contributed by atoms with van der Waals surface area (Å²) in [6.07, 6.45) is 2.96. The maximum Gasteiger partial charge on any atom is 0.0748 e. The van der Waals surface area contributed by atoms with Crippen molar-refractivity contribution in [3.05, 3.63) is 12.3 Å². The highest BCUT2D eigenvalue weighted by Crippen LogP contribution is 2.07. The van der Waals surface area contributed by atoms with Crippen LogP contribution in [0.1, 0.15) is 0 Å². The van der Waals surface area contributed by atoms with Crippen molar-refractivity contribution in [3.63, 3.8) is 0 Å². The van der Waals surface area contributed by atoms with E-state index in [4.69, 9.17) is 5.11 Å². The van der Waals surface area contributed by atoms with Gasteiger partial charge in [0, 0.05) is 8.07 Å². The number of rotatable bonds is 2. The lowest BCUT2D eigenvalue weighted by molar-refractivity contribution is 0.472. The predicted octanol–water partition coefficient (Wildman–Crippen LogP) is 2.40. The topological polar surface area (TPSA) is 20.2 Å². The van der Waals surface area contributed by atoms with E-state index >= 15 is 0 Å². The third-order valence-electron chi connectivity index (χ3n) is 0.836.